The predicted octanol–water partition coefficient (Wildman–Crippen LogP) is 4.99. The van der Waals surface area contributed by atoms with Crippen LogP contribution in [-0.2, 0) is 5.88 Å². The lowest BCUT2D eigenvalue weighted by molar-refractivity contribution is 0.312. The lowest BCUT2D eigenvalue weighted by atomic mass is 9.84. The van der Waals surface area contributed by atoms with Crippen LogP contribution in [0.1, 0.15) is 44.6 Å². The Bertz CT molecular complexity index is 417. The van der Waals surface area contributed by atoms with E-state index in [-0.39, 0.29) is 0 Å². The van der Waals surface area contributed by atoms with Crippen LogP contribution < -0.4 is 4.90 Å². The van der Waals surface area contributed by atoms with Crippen LogP contribution in [0.3, 0.4) is 0 Å². The number of pyridine rings is 1. The van der Waals surface area contributed by atoms with E-state index in [0.717, 1.165) is 21.8 Å². The molecule has 0 N–H and O–H groups in total. The number of rotatable bonds is 4. The number of halogens is 2. The maximum atomic E-state index is 6.05. The molecule has 2 nitrogen and oxygen atoms in total. The summed E-state index contributed by atoms with van der Waals surface area (Å²) in [6.07, 6.45) is 8.42. The molecule has 106 valence electrons. The van der Waals surface area contributed by atoms with Gasteiger partial charge < -0.3 is 4.90 Å². The fourth-order valence-corrected chi connectivity index (χ4v) is 3.58. The molecule has 1 aromatic heterocycles. The molecule has 2 rings (SSSR count). The second kappa shape index (κ2) is 6.94. The molecule has 4 heteroatoms. The van der Waals surface area contributed by atoms with Gasteiger partial charge in [-0.1, -0.05) is 13.3 Å². The zero-order chi connectivity index (χ0) is 13.8. The van der Waals surface area contributed by atoms with Crippen LogP contribution in [0, 0.1) is 5.92 Å². The highest BCUT2D eigenvalue weighted by molar-refractivity contribution is 9.10. The van der Waals surface area contributed by atoms with Gasteiger partial charge in [-0.15, -0.1) is 11.6 Å². The third kappa shape index (κ3) is 3.63. The Morgan fingerprint density at radius 3 is 2.63 bits per heavy atom. The van der Waals surface area contributed by atoms with Gasteiger partial charge >= 0.3 is 0 Å². The molecule has 1 aliphatic rings. The summed E-state index contributed by atoms with van der Waals surface area (Å²) >= 11 is 9.50. The van der Waals surface area contributed by atoms with E-state index in [1.807, 2.05) is 6.20 Å². The topological polar surface area (TPSA) is 16.1 Å². The quantitative estimate of drug-likeness (QED) is 0.715. The lowest BCUT2D eigenvalue weighted by Gasteiger charge is -2.35. The Hall–Kier alpha value is -0.280. The van der Waals surface area contributed by atoms with Gasteiger partial charge in [0.15, 0.2) is 0 Å². The molecule has 0 spiro atoms. The van der Waals surface area contributed by atoms with Crippen molar-refractivity contribution in [1.82, 2.24) is 4.98 Å². The zero-order valence-electron chi connectivity index (χ0n) is 11.7. The van der Waals surface area contributed by atoms with Crippen molar-refractivity contribution >= 4 is 33.3 Å². The SMILES string of the molecule is CCC1CCC(N(C)c2ncc(Br)cc2CCl)CC1. The molecule has 0 saturated heterocycles. The Morgan fingerprint density at radius 2 is 2.05 bits per heavy atom. The van der Waals surface area contributed by atoms with Crippen LogP contribution in [0.4, 0.5) is 5.82 Å². The van der Waals surface area contributed by atoms with Gasteiger partial charge in [0.1, 0.15) is 5.82 Å². The van der Waals surface area contributed by atoms with Crippen LogP contribution in [0.15, 0.2) is 16.7 Å². The van der Waals surface area contributed by atoms with Crippen molar-refractivity contribution < 1.29 is 0 Å². The summed E-state index contributed by atoms with van der Waals surface area (Å²) in [4.78, 5) is 6.89. The average molecular weight is 346 g/mol. The van der Waals surface area contributed by atoms with Gasteiger partial charge in [0.05, 0.1) is 5.88 Å². The van der Waals surface area contributed by atoms with Crippen molar-refractivity contribution in [2.45, 2.75) is 50.9 Å². The van der Waals surface area contributed by atoms with E-state index in [9.17, 15) is 0 Å². The summed E-state index contributed by atoms with van der Waals surface area (Å²) in [5.74, 6) is 2.48. The van der Waals surface area contributed by atoms with Crippen molar-refractivity contribution in [3.05, 3.63) is 22.3 Å². The third-order valence-electron chi connectivity index (χ3n) is 4.33. The molecule has 0 atom stereocenters. The minimum Gasteiger partial charge on any atom is -0.356 e. The standard InChI is InChI=1S/C15H22BrClN2/c1-3-11-4-6-14(7-5-11)19(2)15-12(9-17)8-13(16)10-18-15/h8,10-11,14H,3-7,9H2,1-2H3. The summed E-state index contributed by atoms with van der Waals surface area (Å²) in [6, 6.07) is 2.68. The predicted molar refractivity (Wildman–Crippen MR) is 85.9 cm³/mol. The second-order valence-corrected chi connectivity index (χ2v) is 6.65. The van der Waals surface area contributed by atoms with Crippen LogP contribution >= 0.6 is 27.5 Å². The Morgan fingerprint density at radius 1 is 1.37 bits per heavy atom. The fourth-order valence-electron chi connectivity index (χ4n) is 3.00. The number of hydrogen-bond donors (Lipinski definition) is 0. The number of aromatic nitrogens is 1. The molecule has 1 heterocycles. The van der Waals surface area contributed by atoms with Crippen LogP contribution in [0.2, 0.25) is 0 Å². The Kier molecular flexibility index (Phi) is 5.52. The van der Waals surface area contributed by atoms with Crippen molar-refractivity contribution in [3.8, 4) is 0 Å². The van der Waals surface area contributed by atoms with Gasteiger partial charge in [0, 0.05) is 29.3 Å². The summed E-state index contributed by atoms with van der Waals surface area (Å²) in [5, 5.41) is 0. The van der Waals surface area contributed by atoms with E-state index in [1.165, 1.54) is 32.1 Å². The number of alkyl halides is 1. The van der Waals surface area contributed by atoms with Gasteiger partial charge in [-0.3, -0.25) is 0 Å². The molecule has 0 radical (unpaired) electrons. The highest BCUT2D eigenvalue weighted by Gasteiger charge is 2.24. The smallest absolute Gasteiger partial charge is 0.133 e. The van der Waals surface area contributed by atoms with Gasteiger partial charge in [0.25, 0.3) is 0 Å². The molecular formula is C15H22BrClN2. The number of anilines is 1. The summed E-state index contributed by atoms with van der Waals surface area (Å²) in [7, 11) is 2.16. The molecule has 1 aromatic rings. The van der Waals surface area contributed by atoms with Crippen molar-refractivity contribution in [2.24, 2.45) is 5.92 Å². The normalized spacial score (nSPS) is 23.4. The monoisotopic (exact) mass is 344 g/mol. The fraction of sp³-hybridized carbons (Fsp3) is 0.667. The Labute approximate surface area is 129 Å². The van der Waals surface area contributed by atoms with Gasteiger partial charge in [-0.2, -0.15) is 0 Å². The van der Waals surface area contributed by atoms with Crippen molar-refractivity contribution in [2.75, 3.05) is 11.9 Å². The second-order valence-electron chi connectivity index (χ2n) is 5.46. The molecule has 0 aromatic carbocycles. The first kappa shape index (κ1) is 15.1. The molecule has 1 fully saturated rings. The van der Waals surface area contributed by atoms with E-state index in [2.05, 4.69) is 45.9 Å². The first-order valence-corrected chi connectivity index (χ1v) is 8.41. The van der Waals surface area contributed by atoms with Crippen LogP contribution in [0.25, 0.3) is 0 Å². The van der Waals surface area contributed by atoms with E-state index < -0.39 is 0 Å². The Balaban J connectivity index is 2.09. The van der Waals surface area contributed by atoms with E-state index >= 15 is 0 Å². The third-order valence-corrected chi connectivity index (χ3v) is 5.05. The minimum atomic E-state index is 0.510. The highest BCUT2D eigenvalue weighted by Crippen LogP contribution is 2.32. The number of hydrogen-bond acceptors (Lipinski definition) is 2. The maximum absolute atomic E-state index is 6.05. The zero-order valence-corrected chi connectivity index (χ0v) is 14.0. The van der Waals surface area contributed by atoms with E-state index in [0.29, 0.717) is 11.9 Å². The number of nitrogens with zero attached hydrogens (tertiary/aromatic N) is 2. The first-order chi connectivity index (χ1) is 9.15. The summed E-state index contributed by atoms with van der Waals surface area (Å²) in [6.45, 7) is 2.30. The van der Waals surface area contributed by atoms with Gasteiger partial charge in [-0.25, -0.2) is 4.98 Å². The summed E-state index contributed by atoms with van der Waals surface area (Å²) in [5.41, 5.74) is 1.11. The molecule has 0 unspecified atom stereocenters. The molecule has 19 heavy (non-hydrogen) atoms. The van der Waals surface area contributed by atoms with Crippen molar-refractivity contribution in [1.29, 1.82) is 0 Å². The molecule has 1 aliphatic carbocycles. The largest absolute Gasteiger partial charge is 0.356 e. The molecular weight excluding hydrogens is 324 g/mol. The van der Waals surface area contributed by atoms with Crippen LogP contribution in [-0.4, -0.2) is 18.1 Å². The maximum Gasteiger partial charge on any atom is 0.133 e. The molecule has 1 saturated carbocycles. The van der Waals surface area contributed by atoms with Gasteiger partial charge in [0.2, 0.25) is 0 Å². The lowest BCUT2D eigenvalue weighted by Crippen LogP contribution is -2.36. The first-order valence-electron chi connectivity index (χ1n) is 7.08. The minimum absolute atomic E-state index is 0.510. The molecule has 0 bridgehead atoms. The van der Waals surface area contributed by atoms with Crippen molar-refractivity contribution in [3.63, 3.8) is 0 Å². The average Bonchev–Trinajstić information content (AvgIpc) is 2.46. The molecule has 0 amide bonds. The van der Waals surface area contributed by atoms with E-state index in [1.54, 1.807) is 0 Å². The van der Waals surface area contributed by atoms with E-state index in [4.69, 9.17) is 11.6 Å². The molecule has 0 aliphatic heterocycles. The van der Waals surface area contributed by atoms with Crippen LogP contribution in [0.5, 0.6) is 0 Å². The van der Waals surface area contributed by atoms with Gasteiger partial charge in [-0.05, 0) is 53.6 Å². The summed E-state index contributed by atoms with van der Waals surface area (Å²) < 4.78 is 0.995. The highest BCUT2D eigenvalue weighted by atomic mass is 79.9.